The van der Waals surface area contributed by atoms with E-state index in [9.17, 15) is 4.79 Å². The summed E-state index contributed by atoms with van der Waals surface area (Å²) in [7, 11) is 3.72. The zero-order valence-electron chi connectivity index (χ0n) is 11.1. The molecule has 0 saturated heterocycles. The summed E-state index contributed by atoms with van der Waals surface area (Å²) in [5.41, 5.74) is 0.995. The molecular formula is C14H17N3OS. The SMILES string of the molecule is CN(Cc1nccn1C)C(=O)Cc1ccc(S)cc1. The van der Waals surface area contributed by atoms with E-state index < -0.39 is 0 Å². The molecule has 0 saturated carbocycles. The lowest BCUT2D eigenvalue weighted by Crippen LogP contribution is -2.28. The smallest absolute Gasteiger partial charge is 0.227 e. The van der Waals surface area contributed by atoms with E-state index in [1.165, 1.54) is 0 Å². The molecule has 2 rings (SSSR count). The molecule has 0 bridgehead atoms. The molecule has 4 nitrogen and oxygen atoms in total. The van der Waals surface area contributed by atoms with Crippen LogP contribution in [0.5, 0.6) is 0 Å². The largest absolute Gasteiger partial charge is 0.338 e. The van der Waals surface area contributed by atoms with Crippen LogP contribution in [0.1, 0.15) is 11.4 Å². The van der Waals surface area contributed by atoms with Crippen molar-refractivity contribution in [2.45, 2.75) is 17.9 Å². The number of rotatable bonds is 4. The highest BCUT2D eigenvalue weighted by Crippen LogP contribution is 2.10. The maximum Gasteiger partial charge on any atom is 0.227 e. The van der Waals surface area contributed by atoms with Crippen LogP contribution in [0.15, 0.2) is 41.6 Å². The average molecular weight is 275 g/mol. The minimum atomic E-state index is 0.0786. The van der Waals surface area contributed by atoms with Gasteiger partial charge in [-0.05, 0) is 17.7 Å². The molecule has 0 aliphatic carbocycles. The van der Waals surface area contributed by atoms with Gasteiger partial charge in [-0.1, -0.05) is 12.1 Å². The molecular weight excluding hydrogens is 258 g/mol. The first kappa shape index (κ1) is 13.7. The molecule has 5 heteroatoms. The third kappa shape index (κ3) is 3.61. The summed E-state index contributed by atoms with van der Waals surface area (Å²) in [5, 5.41) is 0. The van der Waals surface area contributed by atoms with E-state index in [0.29, 0.717) is 13.0 Å². The summed E-state index contributed by atoms with van der Waals surface area (Å²) in [6, 6.07) is 7.64. The van der Waals surface area contributed by atoms with Gasteiger partial charge in [0, 0.05) is 31.4 Å². The van der Waals surface area contributed by atoms with Crippen molar-refractivity contribution in [3.05, 3.63) is 48.0 Å². The molecule has 2 aromatic rings. The Morgan fingerprint density at radius 2 is 2.05 bits per heavy atom. The predicted molar refractivity (Wildman–Crippen MR) is 77.1 cm³/mol. The van der Waals surface area contributed by atoms with Crippen molar-refractivity contribution in [2.24, 2.45) is 7.05 Å². The zero-order valence-corrected chi connectivity index (χ0v) is 12.0. The summed E-state index contributed by atoms with van der Waals surface area (Å²) in [6.45, 7) is 0.521. The Bertz CT molecular complexity index is 562. The molecule has 0 unspecified atom stereocenters. The Morgan fingerprint density at radius 1 is 1.37 bits per heavy atom. The van der Waals surface area contributed by atoms with Crippen LogP contribution in [0.2, 0.25) is 0 Å². The lowest BCUT2D eigenvalue weighted by Gasteiger charge is -2.17. The molecule has 1 amide bonds. The van der Waals surface area contributed by atoms with E-state index in [4.69, 9.17) is 0 Å². The topological polar surface area (TPSA) is 38.1 Å². The zero-order chi connectivity index (χ0) is 13.8. The van der Waals surface area contributed by atoms with Crippen LogP contribution >= 0.6 is 12.6 Å². The molecule has 100 valence electrons. The average Bonchev–Trinajstić information content (AvgIpc) is 2.78. The molecule has 0 spiro atoms. The number of hydrogen-bond acceptors (Lipinski definition) is 3. The van der Waals surface area contributed by atoms with Gasteiger partial charge in [-0.2, -0.15) is 0 Å². The van der Waals surface area contributed by atoms with E-state index in [0.717, 1.165) is 16.3 Å². The van der Waals surface area contributed by atoms with Crippen LogP contribution in [0.4, 0.5) is 0 Å². The molecule has 0 aliphatic rings. The number of aromatic nitrogens is 2. The van der Waals surface area contributed by atoms with E-state index in [2.05, 4.69) is 17.6 Å². The van der Waals surface area contributed by atoms with Crippen molar-refractivity contribution in [1.29, 1.82) is 0 Å². The second kappa shape index (κ2) is 5.93. The Morgan fingerprint density at radius 3 is 2.63 bits per heavy atom. The second-order valence-corrected chi connectivity index (χ2v) is 5.06. The lowest BCUT2D eigenvalue weighted by molar-refractivity contribution is -0.129. The Hall–Kier alpha value is -1.75. The first-order valence-electron chi connectivity index (χ1n) is 6.04. The first-order chi connectivity index (χ1) is 9.06. The van der Waals surface area contributed by atoms with Crippen LogP contribution in [0, 0.1) is 0 Å². The van der Waals surface area contributed by atoms with Gasteiger partial charge in [0.1, 0.15) is 5.82 Å². The number of benzene rings is 1. The van der Waals surface area contributed by atoms with Gasteiger partial charge >= 0.3 is 0 Å². The molecule has 1 aromatic heterocycles. The summed E-state index contributed by atoms with van der Waals surface area (Å²) < 4.78 is 1.92. The van der Waals surface area contributed by atoms with Crippen molar-refractivity contribution in [1.82, 2.24) is 14.5 Å². The van der Waals surface area contributed by atoms with Crippen LogP contribution in [0.25, 0.3) is 0 Å². The summed E-state index contributed by atoms with van der Waals surface area (Å²) in [6.07, 6.45) is 4.01. The number of likely N-dealkylation sites (N-methyl/N-ethyl adjacent to an activating group) is 1. The number of hydrogen-bond donors (Lipinski definition) is 1. The van der Waals surface area contributed by atoms with Gasteiger partial charge in [-0.25, -0.2) is 4.98 Å². The third-order valence-corrected chi connectivity index (χ3v) is 3.32. The number of imidazole rings is 1. The van der Waals surface area contributed by atoms with Crippen molar-refractivity contribution in [3.63, 3.8) is 0 Å². The van der Waals surface area contributed by atoms with E-state index in [1.54, 1.807) is 18.1 Å². The fourth-order valence-corrected chi connectivity index (χ4v) is 1.92. The van der Waals surface area contributed by atoms with Crippen molar-refractivity contribution in [2.75, 3.05) is 7.05 Å². The minimum Gasteiger partial charge on any atom is -0.338 e. The van der Waals surface area contributed by atoms with Gasteiger partial charge < -0.3 is 9.47 Å². The van der Waals surface area contributed by atoms with Crippen LogP contribution in [-0.4, -0.2) is 27.4 Å². The van der Waals surface area contributed by atoms with Crippen molar-refractivity contribution >= 4 is 18.5 Å². The monoisotopic (exact) mass is 275 g/mol. The molecule has 19 heavy (non-hydrogen) atoms. The number of carbonyl (C=O) groups excluding carboxylic acids is 1. The van der Waals surface area contributed by atoms with Gasteiger partial charge in [-0.15, -0.1) is 12.6 Å². The summed E-state index contributed by atoms with van der Waals surface area (Å²) in [5.74, 6) is 0.955. The molecule has 0 atom stereocenters. The second-order valence-electron chi connectivity index (χ2n) is 4.55. The Labute approximate surface area is 118 Å². The normalized spacial score (nSPS) is 10.5. The first-order valence-corrected chi connectivity index (χ1v) is 6.49. The molecule has 0 N–H and O–H groups in total. The highest BCUT2D eigenvalue weighted by atomic mass is 32.1. The van der Waals surface area contributed by atoms with Crippen molar-refractivity contribution < 1.29 is 4.79 Å². The van der Waals surface area contributed by atoms with Crippen molar-refractivity contribution in [3.8, 4) is 0 Å². The predicted octanol–water partition coefficient (Wildman–Crippen LogP) is 1.91. The fraction of sp³-hybridized carbons (Fsp3) is 0.286. The van der Waals surface area contributed by atoms with E-state index in [1.807, 2.05) is 42.1 Å². The van der Waals surface area contributed by atoms with Gasteiger partial charge in [0.2, 0.25) is 5.91 Å². The Kier molecular flexibility index (Phi) is 4.27. The molecule has 0 aliphatic heterocycles. The van der Waals surface area contributed by atoms with Gasteiger partial charge in [0.25, 0.3) is 0 Å². The lowest BCUT2D eigenvalue weighted by atomic mass is 10.1. The Balaban J connectivity index is 1.96. The number of aryl methyl sites for hydroxylation is 1. The van der Waals surface area contributed by atoms with Gasteiger partial charge in [0.15, 0.2) is 0 Å². The van der Waals surface area contributed by atoms with Crippen LogP contribution in [0.3, 0.4) is 0 Å². The highest BCUT2D eigenvalue weighted by molar-refractivity contribution is 7.80. The molecule has 0 fully saturated rings. The quantitative estimate of drug-likeness (QED) is 0.866. The standard InChI is InChI=1S/C14H17N3OS/c1-16-8-7-15-13(16)10-17(2)14(18)9-11-3-5-12(19)6-4-11/h3-8,19H,9-10H2,1-2H3. The number of carbonyl (C=O) groups is 1. The summed E-state index contributed by atoms with van der Waals surface area (Å²) in [4.78, 5) is 18.9. The maximum atomic E-state index is 12.1. The van der Waals surface area contributed by atoms with Gasteiger partial charge in [0.05, 0.1) is 13.0 Å². The van der Waals surface area contributed by atoms with Gasteiger partial charge in [-0.3, -0.25) is 4.79 Å². The van der Waals surface area contributed by atoms with Crippen LogP contribution < -0.4 is 0 Å². The maximum absolute atomic E-state index is 12.1. The summed E-state index contributed by atoms with van der Waals surface area (Å²) >= 11 is 4.23. The number of amides is 1. The minimum absolute atomic E-state index is 0.0786. The molecule has 0 radical (unpaired) electrons. The molecule has 1 aromatic carbocycles. The number of nitrogens with zero attached hydrogens (tertiary/aromatic N) is 3. The third-order valence-electron chi connectivity index (χ3n) is 3.02. The van der Waals surface area contributed by atoms with Crippen LogP contribution in [-0.2, 0) is 24.8 Å². The molecule has 1 heterocycles. The number of thiol groups is 1. The fourth-order valence-electron chi connectivity index (χ4n) is 1.77. The highest BCUT2D eigenvalue weighted by Gasteiger charge is 2.12. The van der Waals surface area contributed by atoms with E-state index in [-0.39, 0.29) is 5.91 Å². The van der Waals surface area contributed by atoms with E-state index >= 15 is 0 Å².